The summed E-state index contributed by atoms with van der Waals surface area (Å²) in [7, 11) is 0. The molecular formula is C22H24N8O. The molecule has 0 unspecified atom stereocenters. The lowest BCUT2D eigenvalue weighted by Crippen LogP contribution is -2.33. The summed E-state index contributed by atoms with van der Waals surface area (Å²) < 4.78 is 3.42. The maximum Gasteiger partial charge on any atom is 0.267 e. The summed E-state index contributed by atoms with van der Waals surface area (Å²) in [6.45, 7) is 3.94. The van der Waals surface area contributed by atoms with E-state index in [1.165, 1.54) is 0 Å². The SMILES string of the molecule is Cc1cc(C)n(-c2ccc(=O)n(C3CCC(Nc4ncnc5cnccc45)CC3)n2)n1. The highest BCUT2D eigenvalue weighted by molar-refractivity contribution is 5.87. The van der Waals surface area contributed by atoms with Crippen molar-refractivity contribution in [2.75, 3.05) is 5.32 Å². The molecular weight excluding hydrogens is 392 g/mol. The molecule has 31 heavy (non-hydrogen) atoms. The van der Waals surface area contributed by atoms with Gasteiger partial charge in [0.25, 0.3) is 5.56 Å². The van der Waals surface area contributed by atoms with Gasteiger partial charge in [-0.3, -0.25) is 9.78 Å². The third-order valence-corrected chi connectivity index (χ3v) is 5.86. The quantitative estimate of drug-likeness (QED) is 0.545. The lowest BCUT2D eigenvalue weighted by atomic mass is 9.91. The second kappa shape index (κ2) is 7.90. The molecule has 4 aromatic heterocycles. The van der Waals surface area contributed by atoms with Gasteiger partial charge in [0.2, 0.25) is 0 Å². The van der Waals surface area contributed by atoms with Crippen molar-refractivity contribution in [1.82, 2.24) is 34.5 Å². The molecule has 1 saturated carbocycles. The van der Waals surface area contributed by atoms with Crippen LogP contribution in [-0.2, 0) is 0 Å². The summed E-state index contributed by atoms with van der Waals surface area (Å²) in [6, 6.07) is 7.62. The van der Waals surface area contributed by atoms with Gasteiger partial charge < -0.3 is 5.32 Å². The average molecular weight is 416 g/mol. The normalized spacial score (nSPS) is 18.9. The van der Waals surface area contributed by atoms with Crippen LogP contribution in [0.25, 0.3) is 16.7 Å². The van der Waals surface area contributed by atoms with Gasteiger partial charge in [-0.2, -0.15) is 5.10 Å². The van der Waals surface area contributed by atoms with Crippen molar-refractivity contribution in [1.29, 1.82) is 0 Å². The molecule has 158 valence electrons. The number of aryl methyl sites for hydroxylation is 2. The number of nitrogens with zero attached hydrogens (tertiary/aromatic N) is 7. The Bertz CT molecular complexity index is 1280. The molecule has 4 heterocycles. The van der Waals surface area contributed by atoms with E-state index in [0.29, 0.717) is 5.82 Å². The van der Waals surface area contributed by atoms with Gasteiger partial charge in [0, 0.05) is 29.4 Å². The number of fused-ring (bicyclic) bond motifs is 1. The smallest absolute Gasteiger partial charge is 0.267 e. The molecule has 0 atom stereocenters. The van der Waals surface area contributed by atoms with E-state index in [1.54, 1.807) is 40.2 Å². The Morgan fingerprint density at radius 1 is 1.03 bits per heavy atom. The van der Waals surface area contributed by atoms with E-state index in [4.69, 9.17) is 0 Å². The van der Waals surface area contributed by atoms with Crippen LogP contribution in [0.5, 0.6) is 0 Å². The van der Waals surface area contributed by atoms with Gasteiger partial charge >= 0.3 is 0 Å². The standard InChI is InChI=1S/C22H24N8O/c1-14-11-15(2)29(27-14)20-7-8-21(31)30(28-20)17-5-3-16(4-6-17)26-22-18-9-10-23-12-19(18)24-13-25-22/h7-13,16-17H,3-6H2,1-2H3,(H,24,25,26). The summed E-state index contributed by atoms with van der Waals surface area (Å²) in [5.41, 5.74) is 2.67. The molecule has 5 rings (SSSR count). The van der Waals surface area contributed by atoms with Crippen LogP contribution in [0, 0.1) is 13.8 Å². The first kappa shape index (κ1) is 19.3. The Hall–Kier alpha value is -3.62. The Labute approximate surface area is 179 Å². The monoisotopic (exact) mass is 416 g/mol. The maximum absolute atomic E-state index is 12.5. The highest BCUT2D eigenvalue weighted by Crippen LogP contribution is 2.30. The van der Waals surface area contributed by atoms with Crippen LogP contribution in [0.1, 0.15) is 43.1 Å². The number of pyridine rings is 1. The largest absolute Gasteiger partial charge is 0.367 e. The molecule has 0 aromatic carbocycles. The van der Waals surface area contributed by atoms with Crippen LogP contribution < -0.4 is 10.9 Å². The second-order valence-electron chi connectivity index (χ2n) is 8.08. The topological polar surface area (TPSA) is 103 Å². The summed E-state index contributed by atoms with van der Waals surface area (Å²) in [5.74, 6) is 1.50. The van der Waals surface area contributed by atoms with Crippen LogP contribution in [0.15, 0.2) is 47.8 Å². The van der Waals surface area contributed by atoms with E-state index < -0.39 is 0 Å². The Morgan fingerprint density at radius 3 is 2.65 bits per heavy atom. The molecule has 0 saturated heterocycles. The molecule has 1 N–H and O–H groups in total. The molecule has 0 bridgehead atoms. The predicted molar refractivity (Wildman–Crippen MR) is 117 cm³/mol. The number of rotatable bonds is 4. The van der Waals surface area contributed by atoms with Crippen LogP contribution in [0.4, 0.5) is 5.82 Å². The van der Waals surface area contributed by atoms with Crippen molar-refractivity contribution in [3.8, 4) is 5.82 Å². The van der Waals surface area contributed by atoms with Gasteiger partial charge in [0.15, 0.2) is 5.82 Å². The fourth-order valence-electron chi connectivity index (χ4n) is 4.33. The molecule has 4 aromatic rings. The lowest BCUT2D eigenvalue weighted by Gasteiger charge is -2.30. The van der Waals surface area contributed by atoms with Crippen molar-refractivity contribution in [3.63, 3.8) is 0 Å². The minimum atomic E-state index is -0.0732. The van der Waals surface area contributed by atoms with E-state index in [-0.39, 0.29) is 17.6 Å². The van der Waals surface area contributed by atoms with Gasteiger partial charge in [-0.15, -0.1) is 5.10 Å². The van der Waals surface area contributed by atoms with Gasteiger partial charge in [-0.05, 0) is 57.7 Å². The third kappa shape index (κ3) is 3.78. The second-order valence-corrected chi connectivity index (χ2v) is 8.08. The number of anilines is 1. The average Bonchev–Trinajstić information content (AvgIpc) is 3.13. The van der Waals surface area contributed by atoms with Crippen LogP contribution in [-0.4, -0.2) is 40.6 Å². The zero-order valence-electron chi connectivity index (χ0n) is 17.6. The molecule has 9 heteroatoms. The summed E-state index contributed by atoms with van der Waals surface area (Å²) in [6.07, 6.45) is 8.66. The lowest BCUT2D eigenvalue weighted by molar-refractivity contribution is 0.302. The molecule has 0 aliphatic heterocycles. The zero-order chi connectivity index (χ0) is 21.4. The Morgan fingerprint density at radius 2 is 1.87 bits per heavy atom. The first-order valence-corrected chi connectivity index (χ1v) is 10.5. The van der Waals surface area contributed by atoms with E-state index in [0.717, 1.165) is 53.8 Å². The van der Waals surface area contributed by atoms with Crippen molar-refractivity contribution in [3.05, 3.63) is 64.7 Å². The summed E-state index contributed by atoms with van der Waals surface area (Å²) in [4.78, 5) is 25.4. The first-order chi connectivity index (χ1) is 15.1. The molecule has 1 aliphatic carbocycles. The van der Waals surface area contributed by atoms with Crippen molar-refractivity contribution < 1.29 is 0 Å². The summed E-state index contributed by atoms with van der Waals surface area (Å²) >= 11 is 0. The number of aromatic nitrogens is 7. The maximum atomic E-state index is 12.5. The minimum absolute atomic E-state index is 0.0732. The molecule has 0 spiro atoms. The van der Waals surface area contributed by atoms with Crippen molar-refractivity contribution in [2.45, 2.75) is 51.6 Å². The third-order valence-electron chi connectivity index (χ3n) is 5.86. The van der Waals surface area contributed by atoms with Gasteiger partial charge in [0.05, 0.1) is 23.4 Å². The zero-order valence-corrected chi connectivity index (χ0v) is 17.6. The fourth-order valence-corrected chi connectivity index (χ4v) is 4.33. The molecule has 1 fully saturated rings. The molecule has 0 amide bonds. The molecule has 0 radical (unpaired) electrons. The number of hydrogen-bond donors (Lipinski definition) is 1. The van der Waals surface area contributed by atoms with Crippen molar-refractivity contribution >= 4 is 16.7 Å². The highest BCUT2D eigenvalue weighted by atomic mass is 16.1. The van der Waals surface area contributed by atoms with Crippen LogP contribution in [0.2, 0.25) is 0 Å². The number of nitrogens with one attached hydrogen (secondary N) is 1. The Balaban J connectivity index is 1.32. The Kier molecular flexibility index (Phi) is 4.93. The number of hydrogen-bond acceptors (Lipinski definition) is 7. The predicted octanol–water partition coefficient (Wildman–Crippen LogP) is 2.98. The minimum Gasteiger partial charge on any atom is -0.367 e. The summed E-state index contributed by atoms with van der Waals surface area (Å²) in [5, 5.41) is 13.7. The van der Waals surface area contributed by atoms with Crippen LogP contribution in [0.3, 0.4) is 0 Å². The van der Waals surface area contributed by atoms with Gasteiger partial charge in [-0.25, -0.2) is 19.3 Å². The fraction of sp³-hybridized carbons (Fsp3) is 0.364. The molecule has 9 nitrogen and oxygen atoms in total. The highest BCUT2D eigenvalue weighted by Gasteiger charge is 2.25. The van der Waals surface area contributed by atoms with Crippen LogP contribution >= 0.6 is 0 Å². The first-order valence-electron chi connectivity index (χ1n) is 10.5. The van der Waals surface area contributed by atoms with E-state index in [9.17, 15) is 4.79 Å². The van der Waals surface area contributed by atoms with Gasteiger partial charge in [0.1, 0.15) is 12.1 Å². The van der Waals surface area contributed by atoms with E-state index >= 15 is 0 Å². The van der Waals surface area contributed by atoms with Gasteiger partial charge in [-0.1, -0.05) is 0 Å². The van der Waals surface area contributed by atoms with E-state index in [1.807, 2.05) is 26.0 Å². The van der Waals surface area contributed by atoms with Crippen molar-refractivity contribution in [2.24, 2.45) is 0 Å². The molecule has 1 aliphatic rings. The van der Waals surface area contributed by atoms with E-state index in [2.05, 4.69) is 30.5 Å².